The molecular weight excluding hydrogens is 295 g/mol. The molecule has 2 bridgehead atoms. The Morgan fingerprint density at radius 3 is 2.47 bits per heavy atom. The normalized spacial score (nSPS) is 25.7. The molecule has 0 unspecified atom stereocenters. The molecule has 2 fully saturated rings. The van der Waals surface area contributed by atoms with Crippen LogP contribution in [0.15, 0.2) is 0 Å². The van der Waals surface area contributed by atoms with Gasteiger partial charge in [0.05, 0.1) is 17.1 Å². The molecule has 7 nitrogen and oxygen atoms in total. The smallest absolute Gasteiger partial charge is 0.348 e. The summed E-state index contributed by atoms with van der Waals surface area (Å²) in [6.07, 6.45) is 2.10. The Bertz CT molecular complexity index is 530. The number of halogens is 2. The van der Waals surface area contributed by atoms with E-state index in [1.807, 2.05) is 4.90 Å². The van der Waals surface area contributed by atoms with E-state index in [0.717, 1.165) is 12.8 Å². The molecule has 0 N–H and O–H groups in total. The quantitative estimate of drug-likeness (QED) is 0.360. The van der Waals surface area contributed by atoms with Crippen LogP contribution in [0.25, 0.3) is 0 Å². The van der Waals surface area contributed by atoms with Crippen LogP contribution in [0, 0.1) is 10.1 Å². The van der Waals surface area contributed by atoms with Gasteiger partial charge < -0.3 is 9.64 Å². The highest BCUT2D eigenvalue weighted by atomic mass is 35.5. The lowest BCUT2D eigenvalue weighted by Gasteiger charge is -2.32. The summed E-state index contributed by atoms with van der Waals surface area (Å²) in [5.41, 5.74) is -0.299. The second-order valence-corrected chi connectivity index (χ2v) is 5.27. The predicted molar refractivity (Wildman–Crippen MR) is 68.8 cm³/mol. The highest BCUT2D eigenvalue weighted by Gasteiger charge is 2.37. The first-order valence-corrected chi connectivity index (χ1v) is 6.58. The Hall–Kier alpha value is -1.18. The van der Waals surface area contributed by atoms with Crippen LogP contribution in [-0.2, 0) is 4.74 Å². The Labute approximate surface area is 118 Å². The zero-order chi connectivity index (χ0) is 13.6. The minimum absolute atomic E-state index is 0.0888. The van der Waals surface area contributed by atoms with E-state index in [1.54, 1.807) is 0 Å². The fraction of sp³-hybridized carbons (Fsp3) is 0.600. The van der Waals surface area contributed by atoms with Crippen LogP contribution in [0.2, 0.25) is 10.4 Å². The molecule has 19 heavy (non-hydrogen) atoms. The molecule has 0 aromatic carbocycles. The van der Waals surface area contributed by atoms with Crippen LogP contribution in [-0.4, -0.2) is 40.2 Å². The zero-order valence-electron chi connectivity index (χ0n) is 9.75. The van der Waals surface area contributed by atoms with E-state index < -0.39 is 4.92 Å². The molecule has 2 saturated heterocycles. The Morgan fingerprint density at radius 1 is 1.26 bits per heavy atom. The number of morpholine rings is 1. The summed E-state index contributed by atoms with van der Waals surface area (Å²) < 4.78 is 5.69. The van der Waals surface area contributed by atoms with Crippen molar-refractivity contribution in [2.75, 3.05) is 18.0 Å². The van der Waals surface area contributed by atoms with Crippen LogP contribution in [0.3, 0.4) is 0 Å². The lowest BCUT2D eigenvalue weighted by Crippen LogP contribution is -2.43. The average Bonchev–Trinajstić information content (AvgIpc) is 2.66. The summed E-state index contributed by atoms with van der Waals surface area (Å²) >= 11 is 11.5. The highest BCUT2D eigenvalue weighted by Crippen LogP contribution is 2.37. The summed E-state index contributed by atoms with van der Waals surface area (Å²) in [5, 5.41) is 10.8. The van der Waals surface area contributed by atoms with Crippen molar-refractivity contribution in [3.63, 3.8) is 0 Å². The van der Waals surface area contributed by atoms with E-state index in [-0.39, 0.29) is 34.1 Å². The SMILES string of the molecule is O=[N+]([O-])c1c(Cl)nc(Cl)nc1N1C[C@H]2CC[C@@H](C1)O2. The Kier molecular flexibility index (Phi) is 3.20. The van der Waals surface area contributed by atoms with Crippen molar-refractivity contribution in [3.8, 4) is 0 Å². The fourth-order valence-electron chi connectivity index (χ4n) is 2.56. The van der Waals surface area contributed by atoms with Gasteiger partial charge in [0.1, 0.15) is 0 Å². The van der Waals surface area contributed by atoms with E-state index in [0.29, 0.717) is 13.1 Å². The maximum Gasteiger partial charge on any atom is 0.348 e. The van der Waals surface area contributed by atoms with Crippen molar-refractivity contribution < 1.29 is 9.66 Å². The highest BCUT2D eigenvalue weighted by molar-refractivity contribution is 6.33. The van der Waals surface area contributed by atoms with E-state index >= 15 is 0 Å². The number of nitrogens with zero attached hydrogens (tertiary/aromatic N) is 4. The maximum absolute atomic E-state index is 11.1. The molecule has 9 heteroatoms. The number of hydrogen-bond acceptors (Lipinski definition) is 6. The zero-order valence-corrected chi connectivity index (χ0v) is 11.3. The van der Waals surface area contributed by atoms with Gasteiger partial charge in [-0.15, -0.1) is 0 Å². The number of aromatic nitrogens is 2. The molecule has 2 atom stereocenters. The second kappa shape index (κ2) is 4.73. The third-order valence-corrected chi connectivity index (χ3v) is 3.75. The number of ether oxygens (including phenoxy) is 1. The number of hydrogen-bond donors (Lipinski definition) is 0. The number of rotatable bonds is 2. The first kappa shape index (κ1) is 12.8. The van der Waals surface area contributed by atoms with Crippen molar-refractivity contribution in [3.05, 3.63) is 20.6 Å². The van der Waals surface area contributed by atoms with Crippen LogP contribution in [0.1, 0.15) is 12.8 Å². The van der Waals surface area contributed by atoms with Crippen molar-refractivity contribution in [1.29, 1.82) is 0 Å². The third kappa shape index (κ3) is 2.33. The predicted octanol–water partition coefficient (Wildman–Crippen LogP) is 2.06. The van der Waals surface area contributed by atoms with E-state index in [9.17, 15) is 10.1 Å². The summed E-state index contributed by atoms with van der Waals surface area (Å²) in [6.45, 7) is 1.11. The van der Waals surface area contributed by atoms with Gasteiger partial charge in [-0.2, -0.15) is 9.97 Å². The summed E-state index contributed by atoms with van der Waals surface area (Å²) in [5.74, 6) is 0.176. The molecule has 0 aliphatic carbocycles. The third-order valence-electron chi connectivity index (χ3n) is 3.32. The van der Waals surface area contributed by atoms with Crippen molar-refractivity contribution in [2.45, 2.75) is 25.0 Å². The summed E-state index contributed by atoms with van der Waals surface area (Å²) in [6, 6.07) is 0. The van der Waals surface area contributed by atoms with Gasteiger partial charge in [-0.3, -0.25) is 10.1 Å². The molecule has 1 aromatic heterocycles. The van der Waals surface area contributed by atoms with Gasteiger partial charge in [0, 0.05) is 13.1 Å². The first-order chi connectivity index (χ1) is 9.04. The van der Waals surface area contributed by atoms with Gasteiger partial charge in [-0.25, -0.2) is 0 Å². The van der Waals surface area contributed by atoms with Gasteiger partial charge in [0.25, 0.3) is 0 Å². The molecule has 3 rings (SSSR count). The Balaban J connectivity index is 2.01. The van der Waals surface area contributed by atoms with Crippen LogP contribution in [0.5, 0.6) is 0 Å². The van der Waals surface area contributed by atoms with Crippen molar-refractivity contribution in [2.24, 2.45) is 0 Å². The molecule has 0 saturated carbocycles. The molecule has 1 aromatic rings. The van der Waals surface area contributed by atoms with E-state index in [1.165, 1.54) is 0 Å². The molecule has 0 amide bonds. The van der Waals surface area contributed by atoms with Gasteiger partial charge in [0.2, 0.25) is 16.3 Å². The molecule has 0 spiro atoms. The monoisotopic (exact) mass is 304 g/mol. The van der Waals surface area contributed by atoms with Gasteiger partial charge in [-0.1, -0.05) is 11.6 Å². The maximum atomic E-state index is 11.1. The van der Waals surface area contributed by atoms with Gasteiger partial charge in [-0.05, 0) is 24.4 Å². The molecule has 0 radical (unpaired) electrons. The lowest BCUT2D eigenvalue weighted by atomic mass is 10.2. The minimum Gasteiger partial charge on any atom is -0.371 e. The van der Waals surface area contributed by atoms with Crippen LogP contribution >= 0.6 is 23.2 Å². The lowest BCUT2D eigenvalue weighted by molar-refractivity contribution is -0.384. The van der Waals surface area contributed by atoms with Gasteiger partial charge >= 0.3 is 5.69 Å². The molecule has 2 aliphatic rings. The standard InChI is InChI=1S/C10H10Cl2N4O3/c11-8-7(16(17)18)9(14-10(12)13-8)15-3-5-1-2-6(4-15)19-5/h5-6H,1-4H2/t5-,6+. The topological polar surface area (TPSA) is 81.4 Å². The van der Waals surface area contributed by atoms with Crippen LogP contribution in [0.4, 0.5) is 11.5 Å². The fourth-order valence-corrected chi connectivity index (χ4v) is 3.00. The summed E-state index contributed by atoms with van der Waals surface area (Å²) in [4.78, 5) is 19.9. The van der Waals surface area contributed by atoms with E-state index in [4.69, 9.17) is 27.9 Å². The van der Waals surface area contributed by atoms with Gasteiger partial charge in [0.15, 0.2) is 0 Å². The van der Waals surface area contributed by atoms with Crippen molar-refractivity contribution >= 4 is 34.7 Å². The number of nitro groups is 1. The van der Waals surface area contributed by atoms with Crippen LogP contribution < -0.4 is 4.90 Å². The first-order valence-electron chi connectivity index (χ1n) is 5.82. The molecule has 102 valence electrons. The largest absolute Gasteiger partial charge is 0.371 e. The number of fused-ring (bicyclic) bond motifs is 2. The average molecular weight is 305 g/mol. The summed E-state index contributed by atoms with van der Waals surface area (Å²) in [7, 11) is 0. The van der Waals surface area contributed by atoms with E-state index in [2.05, 4.69) is 9.97 Å². The second-order valence-electron chi connectivity index (χ2n) is 4.58. The Morgan fingerprint density at radius 2 is 1.89 bits per heavy atom. The molecule has 2 aliphatic heterocycles. The number of anilines is 1. The minimum atomic E-state index is -0.578. The molecular formula is C10H10Cl2N4O3. The van der Waals surface area contributed by atoms with Crippen molar-refractivity contribution in [1.82, 2.24) is 9.97 Å². The molecule has 3 heterocycles.